The van der Waals surface area contributed by atoms with Gasteiger partial charge in [-0.25, -0.2) is 0 Å². The van der Waals surface area contributed by atoms with E-state index < -0.39 is 0 Å². The first-order chi connectivity index (χ1) is 13.3. The molecule has 160 valence electrons. The minimum Gasteiger partial charge on any atom is -0.393 e. The van der Waals surface area contributed by atoms with Crippen molar-refractivity contribution >= 4 is 0 Å². The molecule has 1 N–H and O–H groups in total. The molecule has 0 aromatic carbocycles. The van der Waals surface area contributed by atoms with Gasteiger partial charge in [0, 0.05) is 0 Å². The summed E-state index contributed by atoms with van der Waals surface area (Å²) < 4.78 is 0. The molecule has 28 heavy (non-hydrogen) atoms. The van der Waals surface area contributed by atoms with E-state index in [0.29, 0.717) is 10.8 Å². The zero-order valence-corrected chi connectivity index (χ0v) is 19.3. The van der Waals surface area contributed by atoms with Crippen molar-refractivity contribution in [2.75, 3.05) is 0 Å². The minimum atomic E-state index is -0.0766. The first-order valence-electron chi connectivity index (χ1n) is 12.6. The lowest BCUT2D eigenvalue weighted by Crippen LogP contribution is -2.50. The van der Waals surface area contributed by atoms with Gasteiger partial charge in [-0.3, -0.25) is 0 Å². The molecule has 4 rings (SSSR count). The molecular weight excluding hydrogens is 340 g/mol. The van der Waals surface area contributed by atoms with Crippen LogP contribution < -0.4 is 0 Å². The molecule has 1 nitrogen and oxygen atoms in total. The summed E-state index contributed by atoms with van der Waals surface area (Å²) in [4.78, 5) is 0. The Balaban J connectivity index is 1.49. The molecular formula is C27H46O. The first-order valence-corrected chi connectivity index (χ1v) is 12.6. The summed E-state index contributed by atoms with van der Waals surface area (Å²) in [6.45, 7) is 12.6. The fourth-order valence-corrected chi connectivity index (χ4v) is 8.67. The molecule has 0 amide bonds. The lowest BCUT2D eigenvalue weighted by molar-refractivity contribution is -0.0573. The Hall–Kier alpha value is -0.300. The highest BCUT2D eigenvalue weighted by atomic mass is 16.3. The maximum Gasteiger partial charge on any atom is 0.0577 e. The maximum atomic E-state index is 10.2. The van der Waals surface area contributed by atoms with Crippen LogP contribution in [0.4, 0.5) is 0 Å². The van der Waals surface area contributed by atoms with E-state index >= 15 is 0 Å². The van der Waals surface area contributed by atoms with Gasteiger partial charge in [-0.05, 0) is 97.7 Å². The van der Waals surface area contributed by atoms with Crippen LogP contribution in [0.15, 0.2) is 11.6 Å². The van der Waals surface area contributed by atoms with Crippen molar-refractivity contribution in [3.8, 4) is 0 Å². The first kappa shape index (κ1) is 21.0. The summed E-state index contributed by atoms with van der Waals surface area (Å²) in [7, 11) is 0. The third-order valence-corrected chi connectivity index (χ3v) is 10.3. The quantitative estimate of drug-likeness (QED) is 0.488. The highest BCUT2D eigenvalue weighted by molar-refractivity contribution is 5.25. The van der Waals surface area contributed by atoms with Crippen LogP contribution in [0.3, 0.4) is 0 Å². The minimum absolute atomic E-state index is 0.0766. The Labute approximate surface area is 174 Å². The van der Waals surface area contributed by atoms with Crippen LogP contribution in [0.25, 0.3) is 0 Å². The molecule has 0 bridgehead atoms. The van der Waals surface area contributed by atoms with E-state index in [4.69, 9.17) is 0 Å². The average molecular weight is 387 g/mol. The fraction of sp³-hybridized carbons (Fsp3) is 0.926. The fourth-order valence-electron chi connectivity index (χ4n) is 8.67. The summed E-state index contributed by atoms with van der Waals surface area (Å²) in [6, 6.07) is 0. The summed E-state index contributed by atoms with van der Waals surface area (Å²) in [5, 5.41) is 10.2. The van der Waals surface area contributed by atoms with Crippen LogP contribution in [0.2, 0.25) is 0 Å². The van der Waals surface area contributed by atoms with Crippen LogP contribution in [0.1, 0.15) is 105 Å². The number of aliphatic hydroxyl groups excluding tert-OH is 1. The van der Waals surface area contributed by atoms with Gasteiger partial charge in [0.05, 0.1) is 6.10 Å². The van der Waals surface area contributed by atoms with E-state index in [1.807, 2.05) is 0 Å². The van der Waals surface area contributed by atoms with Crippen molar-refractivity contribution in [2.24, 2.45) is 46.3 Å². The zero-order chi connectivity index (χ0) is 20.1. The number of fused-ring (bicyclic) bond motifs is 5. The highest BCUT2D eigenvalue weighted by Crippen LogP contribution is 2.67. The lowest BCUT2D eigenvalue weighted by Gasteiger charge is -2.58. The summed E-state index contributed by atoms with van der Waals surface area (Å²) in [5.74, 6) is 5.46. The molecule has 0 heterocycles. The molecule has 0 saturated heterocycles. The number of rotatable bonds is 5. The molecule has 4 aliphatic rings. The van der Waals surface area contributed by atoms with E-state index in [0.717, 1.165) is 48.3 Å². The second-order valence-corrected chi connectivity index (χ2v) is 12.2. The molecule has 4 aliphatic carbocycles. The summed E-state index contributed by atoms with van der Waals surface area (Å²) in [6.07, 6.45) is 17.2. The van der Waals surface area contributed by atoms with Gasteiger partial charge >= 0.3 is 0 Å². The van der Waals surface area contributed by atoms with Gasteiger partial charge in [-0.2, -0.15) is 0 Å². The number of allylic oxidation sites excluding steroid dienone is 1. The standard InChI is InChI=1S/C27H46O/c1-18(2)7-6-8-19(3)23-11-12-24-22-10-9-20-17-21(28)13-15-26(20,4)25(22)14-16-27(23,24)5/h9,18-19,21-25,28H,6-8,10-17H2,1-5H3/t19-,21+,22?,23?,24+,25?,26?,27-/m1/s1. The Morgan fingerprint density at radius 1 is 1.00 bits per heavy atom. The second-order valence-electron chi connectivity index (χ2n) is 12.2. The lowest BCUT2D eigenvalue weighted by atomic mass is 9.47. The van der Waals surface area contributed by atoms with Crippen LogP contribution in [-0.2, 0) is 0 Å². The van der Waals surface area contributed by atoms with Crippen molar-refractivity contribution in [1.29, 1.82) is 0 Å². The van der Waals surface area contributed by atoms with E-state index in [2.05, 4.69) is 40.7 Å². The normalized spacial score (nSPS) is 46.5. The van der Waals surface area contributed by atoms with Gasteiger partial charge in [0.15, 0.2) is 0 Å². The molecule has 1 heteroatoms. The van der Waals surface area contributed by atoms with Gasteiger partial charge in [0.2, 0.25) is 0 Å². The van der Waals surface area contributed by atoms with Crippen molar-refractivity contribution in [1.82, 2.24) is 0 Å². The third kappa shape index (κ3) is 3.42. The van der Waals surface area contributed by atoms with Crippen molar-refractivity contribution in [3.63, 3.8) is 0 Å². The largest absolute Gasteiger partial charge is 0.393 e. The SMILES string of the molecule is CC(C)CCC[C@@H](C)C1CC[C@H]2C3CC=C4C[C@@H](O)CCC4(C)C3CC[C@]12C. The molecule has 8 atom stereocenters. The van der Waals surface area contributed by atoms with Crippen LogP contribution in [0.5, 0.6) is 0 Å². The van der Waals surface area contributed by atoms with Crippen molar-refractivity contribution in [3.05, 3.63) is 11.6 Å². The average Bonchev–Trinajstić information content (AvgIpc) is 2.99. The Morgan fingerprint density at radius 3 is 2.54 bits per heavy atom. The predicted molar refractivity (Wildman–Crippen MR) is 119 cm³/mol. The van der Waals surface area contributed by atoms with E-state index in [-0.39, 0.29) is 6.10 Å². The van der Waals surface area contributed by atoms with Gasteiger partial charge in [-0.1, -0.05) is 65.5 Å². The van der Waals surface area contributed by atoms with Gasteiger partial charge < -0.3 is 5.11 Å². The predicted octanol–water partition coefficient (Wildman–Crippen LogP) is 7.39. The molecule has 4 unspecified atom stereocenters. The monoisotopic (exact) mass is 386 g/mol. The summed E-state index contributed by atoms with van der Waals surface area (Å²) in [5.41, 5.74) is 2.60. The smallest absolute Gasteiger partial charge is 0.0577 e. The van der Waals surface area contributed by atoms with E-state index in [9.17, 15) is 5.11 Å². The zero-order valence-electron chi connectivity index (χ0n) is 19.3. The number of aliphatic hydroxyl groups is 1. The topological polar surface area (TPSA) is 20.2 Å². The molecule has 0 spiro atoms. The van der Waals surface area contributed by atoms with Crippen molar-refractivity contribution < 1.29 is 5.11 Å². The van der Waals surface area contributed by atoms with Crippen LogP contribution in [0, 0.1) is 46.3 Å². The molecule has 0 radical (unpaired) electrons. The molecule has 0 aliphatic heterocycles. The third-order valence-electron chi connectivity index (χ3n) is 10.3. The van der Waals surface area contributed by atoms with E-state index in [1.165, 1.54) is 57.8 Å². The molecule has 3 fully saturated rings. The Morgan fingerprint density at radius 2 is 1.79 bits per heavy atom. The molecule has 0 aromatic rings. The van der Waals surface area contributed by atoms with Gasteiger partial charge in [-0.15, -0.1) is 0 Å². The van der Waals surface area contributed by atoms with Crippen LogP contribution >= 0.6 is 0 Å². The Bertz CT molecular complexity index is 591. The second kappa shape index (κ2) is 7.75. The Kier molecular flexibility index (Phi) is 5.80. The maximum absolute atomic E-state index is 10.2. The summed E-state index contributed by atoms with van der Waals surface area (Å²) >= 11 is 0. The van der Waals surface area contributed by atoms with Gasteiger partial charge in [0.1, 0.15) is 0 Å². The van der Waals surface area contributed by atoms with Crippen molar-refractivity contribution in [2.45, 2.75) is 111 Å². The molecule has 3 saturated carbocycles. The number of hydrogen-bond acceptors (Lipinski definition) is 1. The molecule has 0 aromatic heterocycles. The highest BCUT2D eigenvalue weighted by Gasteiger charge is 2.59. The van der Waals surface area contributed by atoms with E-state index in [1.54, 1.807) is 5.57 Å². The number of hydrogen-bond donors (Lipinski definition) is 1. The van der Waals surface area contributed by atoms with Crippen LogP contribution in [-0.4, -0.2) is 11.2 Å². The van der Waals surface area contributed by atoms with Gasteiger partial charge in [0.25, 0.3) is 0 Å².